The smallest absolute Gasteiger partial charge is 0.306 e. The van der Waals surface area contributed by atoms with E-state index in [1.54, 1.807) is 6.92 Å². The van der Waals surface area contributed by atoms with E-state index in [1.165, 1.54) is 0 Å². The zero-order valence-electron chi connectivity index (χ0n) is 6.22. The van der Waals surface area contributed by atoms with Gasteiger partial charge in [0.25, 0.3) is 0 Å². The van der Waals surface area contributed by atoms with E-state index in [1.807, 2.05) is 13.8 Å². The number of rotatable bonds is 3. The molecule has 0 heterocycles. The summed E-state index contributed by atoms with van der Waals surface area (Å²) in [6.45, 7) is 5.71. The Labute approximate surface area is 55.9 Å². The molecule has 0 fully saturated rings. The van der Waals surface area contributed by atoms with Gasteiger partial charge in [0.1, 0.15) is 0 Å². The lowest BCUT2D eigenvalue weighted by Gasteiger charge is -2.11. The van der Waals surface area contributed by atoms with Gasteiger partial charge in [-0.2, -0.15) is 0 Å². The molecule has 0 radical (unpaired) electrons. The van der Waals surface area contributed by atoms with E-state index in [0.29, 0.717) is 5.92 Å². The number of carbonyl (C=O) groups is 1. The maximum Gasteiger partial charge on any atom is 0.306 e. The molecule has 0 aliphatic rings. The Kier molecular flexibility index (Phi) is 3.28. The minimum absolute atomic E-state index is 0.199. The molecule has 0 aromatic carbocycles. The van der Waals surface area contributed by atoms with Gasteiger partial charge in [0, 0.05) is 0 Å². The third-order valence-electron chi connectivity index (χ3n) is 1.89. The SMILES string of the molecule is CC[C@@H](C)[C@@H](C)C(=O)O. The second-order valence-corrected chi connectivity index (χ2v) is 2.51. The molecule has 0 saturated heterocycles. The van der Waals surface area contributed by atoms with Gasteiger partial charge in [0.15, 0.2) is 0 Å². The van der Waals surface area contributed by atoms with Crippen molar-refractivity contribution in [3.8, 4) is 0 Å². The second-order valence-electron chi connectivity index (χ2n) is 2.51. The molecule has 9 heavy (non-hydrogen) atoms. The average molecular weight is 130 g/mol. The van der Waals surface area contributed by atoms with Crippen molar-refractivity contribution in [1.82, 2.24) is 0 Å². The maximum atomic E-state index is 10.3. The maximum absolute atomic E-state index is 10.3. The van der Waals surface area contributed by atoms with Crippen LogP contribution in [0.5, 0.6) is 0 Å². The highest BCUT2D eigenvalue weighted by Crippen LogP contribution is 2.13. The molecular formula is C7H14O2. The Balaban J connectivity index is 3.72. The third-order valence-corrected chi connectivity index (χ3v) is 1.89. The summed E-state index contributed by atoms with van der Waals surface area (Å²) in [5.41, 5.74) is 0. The topological polar surface area (TPSA) is 37.3 Å². The van der Waals surface area contributed by atoms with E-state index < -0.39 is 5.97 Å². The highest BCUT2D eigenvalue weighted by molar-refractivity contribution is 5.69. The fourth-order valence-corrected chi connectivity index (χ4v) is 0.597. The van der Waals surface area contributed by atoms with Gasteiger partial charge >= 0.3 is 5.97 Å². The number of aliphatic carboxylic acids is 1. The molecule has 0 rings (SSSR count). The zero-order chi connectivity index (χ0) is 7.44. The lowest BCUT2D eigenvalue weighted by atomic mass is 9.94. The molecule has 0 aliphatic heterocycles. The minimum Gasteiger partial charge on any atom is -0.481 e. The molecule has 0 bridgehead atoms. The van der Waals surface area contributed by atoms with Gasteiger partial charge in [-0.05, 0) is 5.92 Å². The summed E-state index contributed by atoms with van der Waals surface area (Å²) in [6, 6.07) is 0. The van der Waals surface area contributed by atoms with Gasteiger partial charge in [-0.3, -0.25) is 4.79 Å². The van der Waals surface area contributed by atoms with Crippen LogP contribution in [-0.4, -0.2) is 11.1 Å². The fourth-order valence-electron chi connectivity index (χ4n) is 0.597. The lowest BCUT2D eigenvalue weighted by molar-refractivity contribution is -0.142. The molecule has 0 aromatic rings. The Morgan fingerprint density at radius 3 is 2.11 bits per heavy atom. The molecule has 2 heteroatoms. The minimum atomic E-state index is -0.690. The van der Waals surface area contributed by atoms with Gasteiger partial charge in [0.05, 0.1) is 5.92 Å². The molecule has 2 atom stereocenters. The predicted molar refractivity (Wildman–Crippen MR) is 36.3 cm³/mol. The average Bonchev–Trinajstić information content (AvgIpc) is 1.84. The van der Waals surface area contributed by atoms with E-state index in [0.717, 1.165) is 6.42 Å². The molecule has 1 N–H and O–H groups in total. The van der Waals surface area contributed by atoms with Crippen molar-refractivity contribution >= 4 is 5.97 Å². The number of hydrogen-bond donors (Lipinski definition) is 1. The van der Waals surface area contributed by atoms with Crippen LogP contribution >= 0.6 is 0 Å². The summed E-state index contributed by atoms with van der Waals surface area (Å²) in [7, 11) is 0. The highest BCUT2D eigenvalue weighted by Gasteiger charge is 2.16. The van der Waals surface area contributed by atoms with Crippen molar-refractivity contribution in [2.45, 2.75) is 27.2 Å². The van der Waals surface area contributed by atoms with Gasteiger partial charge < -0.3 is 5.11 Å². The van der Waals surface area contributed by atoms with Crippen LogP contribution in [0.2, 0.25) is 0 Å². The van der Waals surface area contributed by atoms with Crippen LogP contribution in [0, 0.1) is 11.8 Å². The molecule has 2 nitrogen and oxygen atoms in total. The zero-order valence-corrected chi connectivity index (χ0v) is 6.22. The first kappa shape index (κ1) is 8.47. The van der Waals surface area contributed by atoms with E-state index >= 15 is 0 Å². The summed E-state index contributed by atoms with van der Waals surface area (Å²) in [5.74, 6) is -0.596. The summed E-state index contributed by atoms with van der Waals surface area (Å²) in [5, 5.41) is 8.48. The van der Waals surface area contributed by atoms with Crippen LogP contribution in [0.4, 0.5) is 0 Å². The van der Waals surface area contributed by atoms with Crippen LogP contribution in [0.15, 0.2) is 0 Å². The first-order chi connectivity index (χ1) is 4.09. The van der Waals surface area contributed by atoms with Gasteiger partial charge in [-0.1, -0.05) is 27.2 Å². The Hall–Kier alpha value is -0.530. The summed E-state index contributed by atoms with van der Waals surface area (Å²) >= 11 is 0. The molecular weight excluding hydrogens is 116 g/mol. The monoisotopic (exact) mass is 130 g/mol. The van der Waals surface area contributed by atoms with Crippen LogP contribution in [0.1, 0.15) is 27.2 Å². The summed E-state index contributed by atoms with van der Waals surface area (Å²) in [4.78, 5) is 10.3. The molecule has 0 spiro atoms. The Morgan fingerprint density at radius 2 is 2.00 bits per heavy atom. The molecule has 54 valence electrons. The van der Waals surface area contributed by atoms with Crippen molar-refractivity contribution in [3.05, 3.63) is 0 Å². The standard InChI is InChI=1S/C7H14O2/c1-4-5(2)6(3)7(8)9/h5-6H,4H2,1-3H3,(H,8,9)/t5-,6-/m1/s1. The van der Waals surface area contributed by atoms with Gasteiger partial charge in [-0.15, -0.1) is 0 Å². The summed E-state index contributed by atoms with van der Waals surface area (Å²) in [6.07, 6.45) is 0.938. The largest absolute Gasteiger partial charge is 0.481 e. The van der Waals surface area contributed by atoms with Crippen LogP contribution < -0.4 is 0 Å². The Morgan fingerprint density at radius 1 is 1.56 bits per heavy atom. The Bertz CT molecular complexity index is 99.1. The third kappa shape index (κ3) is 2.49. The normalized spacial score (nSPS) is 16.8. The number of hydrogen-bond acceptors (Lipinski definition) is 1. The fraction of sp³-hybridized carbons (Fsp3) is 0.857. The summed E-state index contributed by atoms with van der Waals surface area (Å²) < 4.78 is 0. The predicted octanol–water partition coefficient (Wildman–Crippen LogP) is 1.75. The van der Waals surface area contributed by atoms with Gasteiger partial charge in [-0.25, -0.2) is 0 Å². The first-order valence-corrected chi connectivity index (χ1v) is 3.32. The van der Waals surface area contributed by atoms with Crippen LogP contribution in [0.3, 0.4) is 0 Å². The first-order valence-electron chi connectivity index (χ1n) is 3.32. The molecule has 0 amide bonds. The van der Waals surface area contributed by atoms with E-state index in [-0.39, 0.29) is 5.92 Å². The number of carboxylic acid groups (broad SMARTS) is 1. The van der Waals surface area contributed by atoms with Crippen molar-refractivity contribution in [2.24, 2.45) is 11.8 Å². The van der Waals surface area contributed by atoms with Crippen molar-refractivity contribution in [2.75, 3.05) is 0 Å². The van der Waals surface area contributed by atoms with Crippen LogP contribution in [0.25, 0.3) is 0 Å². The molecule has 0 unspecified atom stereocenters. The highest BCUT2D eigenvalue weighted by atomic mass is 16.4. The van der Waals surface area contributed by atoms with E-state index in [2.05, 4.69) is 0 Å². The number of carboxylic acids is 1. The molecule has 0 aromatic heterocycles. The lowest BCUT2D eigenvalue weighted by Crippen LogP contribution is -2.17. The van der Waals surface area contributed by atoms with E-state index in [4.69, 9.17) is 5.11 Å². The van der Waals surface area contributed by atoms with Crippen molar-refractivity contribution in [3.63, 3.8) is 0 Å². The second kappa shape index (κ2) is 3.49. The van der Waals surface area contributed by atoms with E-state index in [9.17, 15) is 4.79 Å². The molecule has 0 aliphatic carbocycles. The quantitative estimate of drug-likeness (QED) is 0.632. The molecule has 0 saturated carbocycles. The van der Waals surface area contributed by atoms with Gasteiger partial charge in [0.2, 0.25) is 0 Å². The van der Waals surface area contributed by atoms with Crippen molar-refractivity contribution < 1.29 is 9.90 Å². The van der Waals surface area contributed by atoms with Crippen LogP contribution in [-0.2, 0) is 4.79 Å². The van der Waals surface area contributed by atoms with Crippen molar-refractivity contribution in [1.29, 1.82) is 0 Å².